The number of hydrogen-bond donors (Lipinski definition) is 2. The summed E-state index contributed by atoms with van der Waals surface area (Å²) in [5.74, 6) is -3.03. The van der Waals surface area contributed by atoms with Gasteiger partial charge in [-0.15, -0.1) is 0 Å². The van der Waals surface area contributed by atoms with E-state index in [0.717, 1.165) is 0 Å². The van der Waals surface area contributed by atoms with Gasteiger partial charge in [-0.25, -0.2) is 9.18 Å². The molecule has 0 fully saturated rings. The third-order valence-electron chi connectivity index (χ3n) is 6.62. The van der Waals surface area contributed by atoms with Crippen LogP contribution in [0, 0.1) is 28.8 Å². The van der Waals surface area contributed by atoms with Gasteiger partial charge in [-0.3, -0.25) is 19.9 Å². The van der Waals surface area contributed by atoms with Crippen LogP contribution in [0.25, 0.3) is 0 Å². The third kappa shape index (κ3) is 8.18. The van der Waals surface area contributed by atoms with Crippen LogP contribution in [0.2, 0.25) is 0 Å². The number of hydrogen-bond acceptors (Lipinski definition) is 10. The molecule has 11 nitrogen and oxygen atoms in total. The summed E-state index contributed by atoms with van der Waals surface area (Å²) < 4.78 is 29.2. The Hall–Kier alpha value is -4.16. The van der Waals surface area contributed by atoms with Gasteiger partial charge in [0, 0.05) is 36.0 Å². The van der Waals surface area contributed by atoms with E-state index in [2.05, 4.69) is 10.3 Å². The number of carbonyl (C=O) groups excluding carboxylic acids is 2. The number of halogens is 1. The van der Waals surface area contributed by atoms with E-state index in [9.17, 15) is 29.2 Å². The Kier molecular flexibility index (Phi) is 11.1. The van der Waals surface area contributed by atoms with Gasteiger partial charge in [0.2, 0.25) is 0 Å². The van der Waals surface area contributed by atoms with Crippen LogP contribution in [0.1, 0.15) is 37.3 Å². The highest BCUT2D eigenvalue weighted by molar-refractivity contribution is 6.07. The molecule has 3 rings (SSSR count). The van der Waals surface area contributed by atoms with Crippen molar-refractivity contribution in [3.63, 3.8) is 0 Å². The summed E-state index contributed by atoms with van der Waals surface area (Å²) in [6, 6.07) is 9.91. The number of nitrogens with one attached hydrogen (secondary N) is 1. The SMILES string of the molecule is COC(=O)C1C(C)=NC(C)=C(C(=O)OCCCNCC(O)COc2ccc(F)cc2C)C1c1cccc([N+](=O)[O-])c1. The van der Waals surface area contributed by atoms with Crippen molar-refractivity contribution in [3.8, 4) is 5.75 Å². The molecule has 3 unspecified atom stereocenters. The van der Waals surface area contributed by atoms with Crippen LogP contribution in [0.4, 0.5) is 10.1 Å². The van der Waals surface area contributed by atoms with E-state index in [-0.39, 0.29) is 36.8 Å². The minimum Gasteiger partial charge on any atom is -0.491 e. The predicted octanol–water partition coefficient (Wildman–Crippen LogP) is 3.63. The number of nitrogens with zero attached hydrogens (tertiary/aromatic N) is 2. The fraction of sp³-hybridized carbons (Fsp3) is 0.414. The number of rotatable bonds is 13. The lowest BCUT2D eigenvalue weighted by atomic mass is 9.75. The average Bonchev–Trinajstić information content (AvgIpc) is 2.93. The Bertz CT molecular complexity index is 1340. The van der Waals surface area contributed by atoms with Crippen LogP contribution in [-0.2, 0) is 19.1 Å². The molecule has 1 aliphatic rings. The molecule has 0 amide bonds. The molecule has 0 aliphatic carbocycles. The number of ether oxygens (including phenoxy) is 3. The number of aliphatic imine (C=N–C) groups is 1. The lowest BCUT2D eigenvalue weighted by molar-refractivity contribution is -0.384. The van der Waals surface area contributed by atoms with Crippen LogP contribution in [-0.4, -0.2) is 67.2 Å². The van der Waals surface area contributed by atoms with E-state index >= 15 is 0 Å². The highest BCUT2D eigenvalue weighted by Gasteiger charge is 2.42. The Morgan fingerprint density at radius 1 is 1.20 bits per heavy atom. The molecule has 0 saturated carbocycles. The van der Waals surface area contributed by atoms with Crippen molar-refractivity contribution in [2.24, 2.45) is 10.9 Å². The molecule has 3 atom stereocenters. The maximum absolute atomic E-state index is 13.2. The second kappa shape index (κ2) is 14.5. The molecular formula is C29H34FN3O8. The quantitative estimate of drug-likeness (QED) is 0.159. The van der Waals surface area contributed by atoms with Crippen molar-refractivity contribution in [1.82, 2.24) is 5.32 Å². The minimum absolute atomic E-state index is 0.0161. The van der Waals surface area contributed by atoms with Crippen molar-refractivity contribution < 1.29 is 38.2 Å². The summed E-state index contributed by atoms with van der Waals surface area (Å²) in [5, 5.41) is 24.6. The number of esters is 2. The Labute approximate surface area is 237 Å². The molecule has 1 aliphatic heterocycles. The maximum Gasteiger partial charge on any atom is 0.336 e. The molecule has 41 heavy (non-hydrogen) atoms. The summed E-state index contributed by atoms with van der Waals surface area (Å²) in [4.78, 5) is 41.2. The van der Waals surface area contributed by atoms with E-state index in [1.54, 1.807) is 26.8 Å². The smallest absolute Gasteiger partial charge is 0.336 e. The molecule has 2 N–H and O–H groups in total. The number of methoxy groups -OCH3 is 1. The lowest BCUT2D eigenvalue weighted by Crippen LogP contribution is -2.36. The van der Waals surface area contributed by atoms with Crippen LogP contribution >= 0.6 is 0 Å². The van der Waals surface area contributed by atoms with Crippen molar-refractivity contribution >= 4 is 23.3 Å². The molecule has 220 valence electrons. The first-order chi connectivity index (χ1) is 19.5. The Morgan fingerprint density at radius 2 is 1.95 bits per heavy atom. The van der Waals surface area contributed by atoms with Crippen molar-refractivity contribution in [1.29, 1.82) is 0 Å². The number of nitro benzene ring substituents is 1. The van der Waals surface area contributed by atoms with E-state index < -0.39 is 34.8 Å². The second-order valence-electron chi connectivity index (χ2n) is 9.65. The molecule has 0 spiro atoms. The second-order valence-corrected chi connectivity index (χ2v) is 9.65. The zero-order valence-corrected chi connectivity index (χ0v) is 23.4. The number of benzene rings is 2. The summed E-state index contributed by atoms with van der Waals surface area (Å²) in [6.07, 6.45) is -0.392. The van der Waals surface area contributed by atoms with Crippen molar-refractivity contribution in [3.05, 3.63) is 80.8 Å². The molecule has 0 saturated heterocycles. The van der Waals surface area contributed by atoms with Gasteiger partial charge in [0.1, 0.15) is 30.2 Å². The normalized spacial score (nSPS) is 17.5. The van der Waals surface area contributed by atoms with Gasteiger partial charge >= 0.3 is 11.9 Å². The fourth-order valence-electron chi connectivity index (χ4n) is 4.65. The lowest BCUT2D eigenvalue weighted by Gasteiger charge is -2.31. The molecule has 12 heteroatoms. The van der Waals surface area contributed by atoms with Gasteiger partial charge in [-0.05, 0) is 63.1 Å². The van der Waals surface area contributed by atoms with Gasteiger partial charge in [0.05, 0.1) is 24.2 Å². The van der Waals surface area contributed by atoms with Crippen LogP contribution in [0.15, 0.2) is 58.7 Å². The van der Waals surface area contributed by atoms with Gasteiger partial charge in [0.25, 0.3) is 5.69 Å². The molecule has 0 aromatic heterocycles. The fourth-order valence-corrected chi connectivity index (χ4v) is 4.65. The van der Waals surface area contributed by atoms with Gasteiger partial charge in [-0.2, -0.15) is 0 Å². The molecule has 0 radical (unpaired) electrons. The topological polar surface area (TPSA) is 150 Å². The van der Waals surface area contributed by atoms with Crippen molar-refractivity contribution in [2.45, 2.75) is 39.2 Å². The van der Waals surface area contributed by atoms with Gasteiger partial charge in [0.15, 0.2) is 0 Å². The molecule has 2 aromatic carbocycles. The number of aliphatic hydroxyl groups excluding tert-OH is 1. The molecule has 2 aromatic rings. The highest BCUT2D eigenvalue weighted by Crippen LogP contribution is 2.40. The van der Waals surface area contributed by atoms with E-state index in [0.29, 0.717) is 41.3 Å². The summed E-state index contributed by atoms with van der Waals surface area (Å²) in [6.45, 7) is 5.68. The number of nitro groups is 1. The Morgan fingerprint density at radius 3 is 2.63 bits per heavy atom. The van der Waals surface area contributed by atoms with E-state index in [1.165, 1.54) is 43.5 Å². The maximum atomic E-state index is 13.2. The first kappa shape index (κ1) is 31.4. The highest BCUT2D eigenvalue weighted by atomic mass is 19.1. The number of carbonyl (C=O) groups is 2. The number of non-ortho nitro benzene ring substituents is 1. The number of aryl methyl sites for hydroxylation is 1. The van der Waals surface area contributed by atoms with E-state index in [1.807, 2.05) is 0 Å². The monoisotopic (exact) mass is 571 g/mol. The summed E-state index contributed by atoms with van der Waals surface area (Å²) in [5.41, 5.74) is 1.74. The standard InChI is InChI=1S/C29H34FN3O8/c1-17-13-21(30)9-10-24(17)41-16-23(34)15-31-11-6-12-40-29(36)26-19(3)32-18(2)25(28(35)39-4)27(26)20-7-5-8-22(14-20)33(37)38/h5,7-10,13-14,23,25,27,31,34H,6,11-12,15-16H2,1-4H3. The van der Waals surface area contributed by atoms with Crippen LogP contribution in [0.3, 0.4) is 0 Å². The molecule has 0 bridgehead atoms. The largest absolute Gasteiger partial charge is 0.491 e. The number of aliphatic hydroxyl groups is 1. The Balaban J connectivity index is 1.58. The van der Waals surface area contributed by atoms with Gasteiger partial charge < -0.3 is 24.6 Å². The third-order valence-corrected chi connectivity index (χ3v) is 6.62. The molecular weight excluding hydrogens is 537 g/mol. The van der Waals surface area contributed by atoms with Crippen LogP contribution < -0.4 is 10.1 Å². The zero-order valence-electron chi connectivity index (χ0n) is 23.4. The first-order valence-corrected chi connectivity index (χ1v) is 13.1. The van der Waals surface area contributed by atoms with Crippen molar-refractivity contribution in [2.75, 3.05) is 33.4 Å². The number of allylic oxidation sites excluding steroid dienone is 1. The summed E-state index contributed by atoms with van der Waals surface area (Å²) in [7, 11) is 1.23. The summed E-state index contributed by atoms with van der Waals surface area (Å²) >= 11 is 0. The predicted molar refractivity (Wildman–Crippen MR) is 148 cm³/mol. The van der Waals surface area contributed by atoms with E-state index in [4.69, 9.17) is 14.2 Å². The first-order valence-electron chi connectivity index (χ1n) is 13.1. The molecule has 1 heterocycles. The average molecular weight is 572 g/mol. The minimum atomic E-state index is -0.961. The van der Waals surface area contributed by atoms with Crippen LogP contribution in [0.5, 0.6) is 5.75 Å². The van der Waals surface area contributed by atoms with Gasteiger partial charge in [-0.1, -0.05) is 12.1 Å². The zero-order chi connectivity index (χ0) is 30.1.